The van der Waals surface area contributed by atoms with Crippen molar-refractivity contribution in [2.24, 2.45) is 5.41 Å². The van der Waals surface area contributed by atoms with Crippen molar-refractivity contribution in [3.05, 3.63) is 30.1 Å². The Morgan fingerprint density at radius 1 is 1.37 bits per heavy atom. The molecule has 19 heavy (non-hydrogen) atoms. The zero-order valence-electron chi connectivity index (χ0n) is 11.3. The van der Waals surface area contributed by atoms with Crippen molar-refractivity contribution in [1.82, 2.24) is 5.32 Å². The number of rotatable bonds is 6. The summed E-state index contributed by atoms with van der Waals surface area (Å²) in [6, 6.07) is 6.20. The molecule has 3 nitrogen and oxygen atoms in total. The van der Waals surface area contributed by atoms with Crippen LogP contribution in [0.2, 0.25) is 0 Å². The average molecular weight is 264 g/mol. The summed E-state index contributed by atoms with van der Waals surface area (Å²) >= 11 is 0. The van der Waals surface area contributed by atoms with Gasteiger partial charge < -0.3 is 10.6 Å². The van der Waals surface area contributed by atoms with Gasteiger partial charge in [0, 0.05) is 6.54 Å². The van der Waals surface area contributed by atoms with Gasteiger partial charge in [-0.3, -0.25) is 4.79 Å². The third-order valence-corrected chi connectivity index (χ3v) is 4.10. The number of carbonyl (C=O) groups excluding carboxylic acids is 1. The number of anilines is 1. The van der Waals surface area contributed by atoms with Crippen LogP contribution in [0, 0.1) is 11.2 Å². The lowest BCUT2D eigenvalue weighted by molar-refractivity contribution is -0.115. The van der Waals surface area contributed by atoms with Crippen molar-refractivity contribution in [1.29, 1.82) is 0 Å². The molecule has 1 amide bonds. The van der Waals surface area contributed by atoms with Crippen molar-refractivity contribution in [2.45, 2.75) is 32.6 Å². The van der Waals surface area contributed by atoms with Gasteiger partial charge in [0.05, 0.1) is 12.2 Å². The Bertz CT molecular complexity index is 438. The number of amides is 1. The van der Waals surface area contributed by atoms with Crippen LogP contribution in [-0.4, -0.2) is 19.0 Å². The molecule has 4 heteroatoms. The minimum Gasteiger partial charge on any atom is -0.322 e. The molecule has 0 unspecified atom stereocenters. The molecule has 1 fully saturated rings. The molecule has 0 atom stereocenters. The Morgan fingerprint density at radius 3 is 2.68 bits per heavy atom. The highest BCUT2D eigenvalue weighted by Gasteiger charge is 2.34. The van der Waals surface area contributed by atoms with Gasteiger partial charge in [-0.1, -0.05) is 25.5 Å². The maximum atomic E-state index is 13.3. The highest BCUT2D eigenvalue weighted by Crippen LogP contribution is 2.42. The Hall–Kier alpha value is -1.42. The zero-order chi connectivity index (χ0) is 13.7. The Kier molecular flexibility index (Phi) is 4.53. The van der Waals surface area contributed by atoms with Crippen LogP contribution < -0.4 is 10.6 Å². The van der Waals surface area contributed by atoms with Crippen molar-refractivity contribution >= 4 is 11.6 Å². The summed E-state index contributed by atoms with van der Waals surface area (Å²) < 4.78 is 13.3. The molecule has 1 aliphatic rings. The molecule has 1 aliphatic carbocycles. The summed E-state index contributed by atoms with van der Waals surface area (Å²) in [6.07, 6.45) is 4.92. The third kappa shape index (κ3) is 3.53. The molecule has 2 rings (SSSR count). The van der Waals surface area contributed by atoms with Crippen LogP contribution in [0.3, 0.4) is 0 Å². The van der Waals surface area contributed by atoms with Crippen LogP contribution in [0.5, 0.6) is 0 Å². The fourth-order valence-electron chi connectivity index (χ4n) is 2.53. The van der Waals surface area contributed by atoms with Gasteiger partial charge in [-0.25, -0.2) is 4.39 Å². The first kappa shape index (κ1) is 14.0. The lowest BCUT2D eigenvalue weighted by Crippen LogP contribution is -2.41. The standard InChI is InChI=1S/C15H21FN2O/c1-2-15(8-5-9-15)11-17-10-14(19)18-13-7-4-3-6-12(13)16/h3-4,6-7,17H,2,5,8-11H2,1H3,(H,18,19). The average Bonchev–Trinajstić information content (AvgIpc) is 2.35. The Balaban J connectivity index is 1.75. The van der Waals surface area contributed by atoms with Gasteiger partial charge in [0.25, 0.3) is 0 Å². The fraction of sp³-hybridized carbons (Fsp3) is 0.533. The van der Waals surface area contributed by atoms with Gasteiger partial charge in [0.1, 0.15) is 5.82 Å². The molecule has 1 saturated carbocycles. The van der Waals surface area contributed by atoms with Gasteiger partial charge in [-0.15, -0.1) is 0 Å². The highest BCUT2D eigenvalue weighted by atomic mass is 19.1. The molecule has 0 aromatic heterocycles. The minimum atomic E-state index is -0.403. The molecular formula is C15H21FN2O. The first-order valence-corrected chi connectivity index (χ1v) is 6.90. The number of hydrogen-bond donors (Lipinski definition) is 2. The van der Waals surface area contributed by atoms with E-state index in [1.165, 1.54) is 25.3 Å². The third-order valence-electron chi connectivity index (χ3n) is 4.10. The number of para-hydroxylation sites is 1. The summed E-state index contributed by atoms with van der Waals surface area (Å²) in [5, 5.41) is 5.76. The number of hydrogen-bond acceptors (Lipinski definition) is 2. The molecule has 0 bridgehead atoms. The number of carbonyl (C=O) groups is 1. The molecule has 0 saturated heterocycles. The molecule has 0 aliphatic heterocycles. The van der Waals surface area contributed by atoms with E-state index in [1.807, 2.05) is 0 Å². The van der Waals surface area contributed by atoms with E-state index >= 15 is 0 Å². The lowest BCUT2D eigenvalue weighted by atomic mass is 9.67. The van der Waals surface area contributed by atoms with E-state index in [0.717, 1.165) is 13.0 Å². The molecule has 1 aromatic rings. The van der Waals surface area contributed by atoms with Crippen LogP contribution >= 0.6 is 0 Å². The first-order chi connectivity index (χ1) is 9.15. The maximum Gasteiger partial charge on any atom is 0.238 e. The predicted molar refractivity (Wildman–Crippen MR) is 74.5 cm³/mol. The zero-order valence-corrected chi connectivity index (χ0v) is 11.3. The number of benzene rings is 1. The number of nitrogens with one attached hydrogen (secondary N) is 2. The minimum absolute atomic E-state index is 0.198. The highest BCUT2D eigenvalue weighted by molar-refractivity contribution is 5.92. The SMILES string of the molecule is CCC1(CNCC(=O)Nc2ccccc2F)CCC1. The summed E-state index contributed by atoms with van der Waals surface area (Å²) in [5.41, 5.74) is 0.626. The molecular weight excluding hydrogens is 243 g/mol. The molecule has 1 aromatic carbocycles. The lowest BCUT2D eigenvalue weighted by Gasteiger charge is -2.41. The van der Waals surface area contributed by atoms with Crippen LogP contribution in [0.15, 0.2) is 24.3 Å². The topological polar surface area (TPSA) is 41.1 Å². The van der Waals surface area contributed by atoms with Gasteiger partial charge in [-0.2, -0.15) is 0 Å². The molecule has 0 radical (unpaired) electrons. The predicted octanol–water partition coefficient (Wildman–Crippen LogP) is 2.93. The molecule has 104 valence electrons. The van der Waals surface area contributed by atoms with E-state index < -0.39 is 5.82 Å². The Morgan fingerprint density at radius 2 is 2.11 bits per heavy atom. The fourth-order valence-corrected chi connectivity index (χ4v) is 2.53. The second-order valence-electron chi connectivity index (χ2n) is 5.34. The molecule has 2 N–H and O–H groups in total. The quantitative estimate of drug-likeness (QED) is 0.829. The van der Waals surface area contributed by atoms with Crippen molar-refractivity contribution in [2.75, 3.05) is 18.4 Å². The smallest absolute Gasteiger partial charge is 0.238 e. The summed E-state index contributed by atoms with van der Waals surface area (Å²) in [7, 11) is 0. The largest absolute Gasteiger partial charge is 0.322 e. The van der Waals surface area contributed by atoms with E-state index in [1.54, 1.807) is 18.2 Å². The van der Waals surface area contributed by atoms with Gasteiger partial charge in [0.15, 0.2) is 0 Å². The van der Waals surface area contributed by atoms with Crippen LogP contribution in [0.1, 0.15) is 32.6 Å². The van der Waals surface area contributed by atoms with Crippen LogP contribution in [-0.2, 0) is 4.79 Å². The molecule has 0 heterocycles. The summed E-state index contributed by atoms with van der Waals surface area (Å²) in [4.78, 5) is 11.7. The second kappa shape index (κ2) is 6.15. The van der Waals surface area contributed by atoms with Crippen LogP contribution in [0.4, 0.5) is 10.1 Å². The Labute approximate surface area is 113 Å². The van der Waals surface area contributed by atoms with E-state index in [2.05, 4.69) is 17.6 Å². The normalized spacial score (nSPS) is 16.7. The van der Waals surface area contributed by atoms with E-state index in [9.17, 15) is 9.18 Å². The van der Waals surface area contributed by atoms with Crippen LogP contribution in [0.25, 0.3) is 0 Å². The van der Waals surface area contributed by atoms with Crippen molar-refractivity contribution in [3.63, 3.8) is 0 Å². The van der Waals surface area contributed by atoms with Gasteiger partial charge in [-0.05, 0) is 36.8 Å². The van der Waals surface area contributed by atoms with E-state index in [0.29, 0.717) is 5.41 Å². The van der Waals surface area contributed by atoms with Gasteiger partial charge >= 0.3 is 0 Å². The second-order valence-corrected chi connectivity index (χ2v) is 5.34. The number of halogens is 1. The van der Waals surface area contributed by atoms with E-state index in [-0.39, 0.29) is 18.1 Å². The summed E-state index contributed by atoms with van der Waals surface area (Å²) in [6.45, 7) is 3.30. The summed E-state index contributed by atoms with van der Waals surface area (Å²) in [5.74, 6) is -0.601. The van der Waals surface area contributed by atoms with Crippen molar-refractivity contribution < 1.29 is 9.18 Å². The first-order valence-electron chi connectivity index (χ1n) is 6.90. The monoisotopic (exact) mass is 264 g/mol. The van der Waals surface area contributed by atoms with Crippen molar-refractivity contribution in [3.8, 4) is 0 Å². The molecule has 0 spiro atoms. The van der Waals surface area contributed by atoms with Gasteiger partial charge in [0.2, 0.25) is 5.91 Å². The van der Waals surface area contributed by atoms with E-state index in [4.69, 9.17) is 0 Å². The maximum absolute atomic E-state index is 13.3.